The van der Waals surface area contributed by atoms with Crippen molar-refractivity contribution in [1.82, 2.24) is 0 Å². The smallest absolute Gasteiger partial charge is 0.324 e. The fourth-order valence-corrected chi connectivity index (χ4v) is 6.32. The van der Waals surface area contributed by atoms with Crippen LogP contribution in [0.1, 0.15) is 11.1 Å². The average molecular weight is 479 g/mol. The van der Waals surface area contributed by atoms with E-state index in [2.05, 4.69) is 13.8 Å². The van der Waals surface area contributed by atoms with Crippen LogP contribution in [0.25, 0.3) is 0 Å². The lowest BCUT2D eigenvalue weighted by atomic mass is 9.72. The molecule has 29 heavy (non-hydrogen) atoms. The monoisotopic (exact) mass is 478 g/mol. The van der Waals surface area contributed by atoms with Crippen molar-refractivity contribution in [3.8, 4) is 0 Å². The minimum atomic E-state index is -5.00. The third-order valence-electron chi connectivity index (χ3n) is 4.87. The van der Waals surface area contributed by atoms with Gasteiger partial charge in [0.15, 0.2) is 0 Å². The molecule has 0 fully saturated rings. The molecule has 4 N–H and O–H groups in total. The van der Waals surface area contributed by atoms with E-state index >= 15 is 0 Å². The van der Waals surface area contributed by atoms with E-state index in [-0.39, 0.29) is 12.8 Å². The molecule has 0 heterocycles. The molecule has 10 heteroatoms. The lowest BCUT2D eigenvalue weighted by molar-refractivity contribution is 0.243. The summed E-state index contributed by atoms with van der Waals surface area (Å²) in [6, 6.07) is 12.7. The Morgan fingerprint density at radius 3 is 1.38 bits per heavy atom. The highest BCUT2D eigenvalue weighted by atomic mass is 35.5. The second kappa shape index (κ2) is 8.82. The molecule has 0 spiro atoms. The minimum absolute atomic E-state index is 0.218. The zero-order valence-corrected chi connectivity index (χ0v) is 18.7. The van der Waals surface area contributed by atoms with Crippen molar-refractivity contribution in [2.75, 3.05) is 6.16 Å². The molecule has 2 aromatic rings. The van der Waals surface area contributed by atoms with Crippen molar-refractivity contribution in [3.05, 3.63) is 83.6 Å². The third kappa shape index (κ3) is 6.16. The third-order valence-corrected chi connectivity index (χ3v) is 8.30. The molecule has 158 valence electrons. The predicted molar refractivity (Wildman–Crippen MR) is 115 cm³/mol. The van der Waals surface area contributed by atoms with Crippen molar-refractivity contribution < 1.29 is 28.7 Å². The summed E-state index contributed by atoms with van der Waals surface area (Å²) in [5.74, 6) is 0. The number of hydrogen-bond donors (Lipinski definition) is 4. The topological polar surface area (TPSA) is 115 Å². The van der Waals surface area contributed by atoms with E-state index in [1.54, 1.807) is 48.5 Å². The molecular weight excluding hydrogens is 457 g/mol. The Balaban J connectivity index is 2.66. The van der Waals surface area contributed by atoms with Crippen LogP contribution in [0.4, 0.5) is 0 Å². The van der Waals surface area contributed by atoms with Gasteiger partial charge in [-0.1, -0.05) is 47.5 Å². The Bertz CT molecular complexity index is 885. The van der Waals surface area contributed by atoms with Gasteiger partial charge in [-0.15, -0.1) is 0 Å². The number of hydrogen-bond acceptors (Lipinski definition) is 2. The molecule has 2 rings (SSSR count). The lowest BCUT2D eigenvalue weighted by Crippen LogP contribution is -2.50. The van der Waals surface area contributed by atoms with Gasteiger partial charge in [-0.25, -0.2) is 0 Å². The molecule has 0 amide bonds. The molecule has 0 saturated carbocycles. The fourth-order valence-electron chi connectivity index (χ4n) is 3.37. The van der Waals surface area contributed by atoms with Gasteiger partial charge in [0.05, 0.1) is 11.3 Å². The summed E-state index contributed by atoms with van der Waals surface area (Å²) in [6.45, 7) is 7.55. The Morgan fingerprint density at radius 1 is 0.759 bits per heavy atom. The first-order valence-corrected chi connectivity index (χ1v) is 12.6. The van der Waals surface area contributed by atoms with Crippen molar-refractivity contribution in [3.63, 3.8) is 0 Å². The van der Waals surface area contributed by atoms with Gasteiger partial charge in [0, 0.05) is 10.0 Å². The first kappa shape index (κ1) is 24.6. The standard InChI is InChI=1S/C19H22Cl2O6P2/c1-18(2,13-28(22,23)24)19(29(25,26)27,11-14-3-7-16(20)8-4-14)12-15-5-9-17(21)10-6-15/h3-10H,1-2,11-13H2,(H2,22,23,24)(H2,25,26,27). The zero-order chi connectivity index (χ0) is 22.1. The highest BCUT2D eigenvalue weighted by Crippen LogP contribution is 2.64. The predicted octanol–water partition coefficient (Wildman–Crippen LogP) is 4.53. The normalized spacial score (nSPS) is 13.5. The molecule has 6 nitrogen and oxygen atoms in total. The van der Waals surface area contributed by atoms with Crippen LogP contribution in [-0.4, -0.2) is 30.9 Å². The maximum absolute atomic E-state index is 12.8. The summed E-state index contributed by atoms with van der Waals surface area (Å²) in [4.78, 5) is 39.9. The van der Waals surface area contributed by atoms with Gasteiger partial charge in [0.25, 0.3) is 0 Å². The average Bonchev–Trinajstić information content (AvgIpc) is 2.54. The first-order chi connectivity index (χ1) is 13.2. The summed E-state index contributed by atoms with van der Waals surface area (Å²) in [6.07, 6.45) is -1.33. The highest BCUT2D eigenvalue weighted by molar-refractivity contribution is 7.54. The van der Waals surface area contributed by atoms with Crippen LogP contribution in [0.15, 0.2) is 48.5 Å². The van der Waals surface area contributed by atoms with Crippen molar-refractivity contribution in [2.45, 2.75) is 18.0 Å². The van der Waals surface area contributed by atoms with E-state index in [0.29, 0.717) is 21.2 Å². The minimum Gasteiger partial charge on any atom is -0.324 e. The molecule has 2 radical (unpaired) electrons. The van der Waals surface area contributed by atoms with Crippen LogP contribution in [0, 0.1) is 19.3 Å². The van der Waals surface area contributed by atoms with Gasteiger partial charge < -0.3 is 19.6 Å². The molecule has 0 saturated heterocycles. The first-order valence-electron chi connectivity index (χ1n) is 8.45. The highest BCUT2D eigenvalue weighted by Gasteiger charge is 2.58. The second-order valence-electron chi connectivity index (χ2n) is 7.29. The number of rotatable bonds is 8. The fraction of sp³-hybridized carbons (Fsp3) is 0.263. The molecule has 0 aliphatic heterocycles. The van der Waals surface area contributed by atoms with Gasteiger partial charge in [-0.3, -0.25) is 9.13 Å². The summed E-state index contributed by atoms with van der Waals surface area (Å²) >= 11 is 11.8. The Kier molecular flexibility index (Phi) is 7.48. The molecule has 0 atom stereocenters. The maximum atomic E-state index is 12.8. The summed E-state index contributed by atoms with van der Waals surface area (Å²) in [5.41, 5.74) is -0.868. The van der Waals surface area contributed by atoms with Gasteiger partial charge >= 0.3 is 15.2 Å². The van der Waals surface area contributed by atoms with Gasteiger partial charge in [0.2, 0.25) is 0 Å². The lowest BCUT2D eigenvalue weighted by Gasteiger charge is -2.47. The SMILES string of the molecule is [CH2]C([CH2])(CP(=O)(O)O)C(Cc1ccc(Cl)cc1)(Cc1ccc(Cl)cc1)P(=O)(O)O. The van der Waals surface area contributed by atoms with Crippen molar-refractivity contribution in [2.24, 2.45) is 5.41 Å². The molecule has 0 bridgehead atoms. The summed E-state index contributed by atoms with van der Waals surface area (Å²) in [7, 11) is -9.69. The van der Waals surface area contributed by atoms with Crippen LogP contribution < -0.4 is 0 Å². The van der Waals surface area contributed by atoms with E-state index in [1.165, 1.54) is 0 Å². The van der Waals surface area contributed by atoms with Gasteiger partial charge in [0.1, 0.15) is 0 Å². The second-order valence-corrected chi connectivity index (χ2v) is 11.7. The van der Waals surface area contributed by atoms with E-state index in [1.807, 2.05) is 0 Å². The maximum Gasteiger partial charge on any atom is 0.332 e. The van der Waals surface area contributed by atoms with Crippen LogP contribution in [-0.2, 0) is 22.0 Å². The Morgan fingerprint density at radius 2 is 1.10 bits per heavy atom. The Hall–Kier alpha value is -0.680. The van der Waals surface area contributed by atoms with Crippen LogP contribution in [0.2, 0.25) is 10.0 Å². The van der Waals surface area contributed by atoms with E-state index in [9.17, 15) is 28.7 Å². The van der Waals surface area contributed by atoms with Gasteiger partial charge in [-0.2, -0.15) is 0 Å². The molecular formula is C19H22Cl2O6P2. The number of halogens is 2. The molecule has 2 aromatic carbocycles. The molecule has 0 aromatic heterocycles. The zero-order valence-electron chi connectivity index (χ0n) is 15.4. The van der Waals surface area contributed by atoms with Crippen LogP contribution in [0.5, 0.6) is 0 Å². The van der Waals surface area contributed by atoms with Crippen molar-refractivity contribution in [1.29, 1.82) is 0 Å². The number of benzene rings is 2. The quantitative estimate of drug-likeness (QED) is 0.414. The van der Waals surface area contributed by atoms with Gasteiger partial charge in [-0.05, 0) is 67.5 Å². The van der Waals surface area contributed by atoms with Crippen LogP contribution >= 0.6 is 38.4 Å². The molecule has 0 unspecified atom stereocenters. The Labute approximate surface area is 180 Å². The summed E-state index contributed by atoms with van der Waals surface area (Å²) < 4.78 is 24.6. The molecule has 0 aliphatic rings. The van der Waals surface area contributed by atoms with Crippen LogP contribution in [0.3, 0.4) is 0 Å². The van der Waals surface area contributed by atoms with E-state index in [0.717, 1.165) is 0 Å². The van der Waals surface area contributed by atoms with Crippen molar-refractivity contribution >= 4 is 38.4 Å². The molecule has 0 aliphatic carbocycles. The van der Waals surface area contributed by atoms with E-state index in [4.69, 9.17) is 23.2 Å². The summed E-state index contributed by atoms with van der Waals surface area (Å²) in [5, 5.41) is -1.11. The van der Waals surface area contributed by atoms with E-state index < -0.39 is 31.9 Å². The largest absolute Gasteiger partial charge is 0.332 e.